The molecule has 1 fully saturated rings. The number of aromatic nitrogens is 1. The Kier molecular flexibility index (Phi) is 4.19. The molecule has 4 nitrogen and oxygen atoms in total. The Balaban J connectivity index is 1.55. The van der Waals surface area contributed by atoms with Gasteiger partial charge in [-0.1, -0.05) is 0 Å². The summed E-state index contributed by atoms with van der Waals surface area (Å²) in [6, 6.07) is 12.6. The fourth-order valence-electron chi connectivity index (χ4n) is 2.67. The van der Waals surface area contributed by atoms with Crippen molar-refractivity contribution in [3.63, 3.8) is 0 Å². The smallest absolute Gasteiger partial charge is 0.128 e. The van der Waals surface area contributed by atoms with Crippen molar-refractivity contribution in [2.75, 3.05) is 23.3 Å². The highest BCUT2D eigenvalue weighted by molar-refractivity contribution is 5.45. The number of nitrogens with one attached hydrogen (secondary N) is 1. The summed E-state index contributed by atoms with van der Waals surface area (Å²) in [6.07, 6.45) is 3.61. The van der Waals surface area contributed by atoms with E-state index in [4.69, 9.17) is 5.26 Å². The van der Waals surface area contributed by atoms with Gasteiger partial charge < -0.3 is 10.2 Å². The van der Waals surface area contributed by atoms with Gasteiger partial charge in [-0.05, 0) is 49.2 Å². The van der Waals surface area contributed by atoms with Crippen molar-refractivity contribution in [2.24, 2.45) is 0 Å². The molecule has 2 aromatic rings. The van der Waals surface area contributed by atoms with Crippen LogP contribution in [0.25, 0.3) is 0 Å². The first kappa shape index (κ1) is 14.3. The average Bonchev–Trinajstić information content (AvgIpc) is 2.58. The van der Waals surface area contributed by atoms with Gasteiger partial charge in [-0.3, -0.25) is 0 Å². The summed E-state index contributed by atoms with van der Waals surface area (Å²) < 4.78 is 12.9. The Morgan fingerprint density at radius 2 is 1.86 bits per heavy atom. The molecule has 0 bridgehead atoms. The lowest BCUT2D eigenvalue weighted by Gasteiger charge is -2.33. The van der Waals surface area contributed by atoms with E-state index in [0.717, 1.165) is 37.4 Å². The lowest BCUT2D eigenvalue weighted by molar-refractivity contribution is 0.523. The Morgan fingerprint density at radius 3 is 2.45 bits per heavy atom. The number of halogens is 1. The molecule has 1 aromatic carbocycles. The maximum absolute atomic E-state index is 12.9. The normalized spacial score (nSPS) is 15.4. The van der Waals surface area contributed by atoms with Gasteiger partial charge in [-0.2, -0.15) is 5.26 Å². The molecule has 0 unspecified atom stereocenters. The number of benzene rings is 1. The quantitative estimate of drug-likeness (QED) is 0.945. The largest absolute Gasteiger partial charge is 0.382 e. The van der Waals surface area contributed by atoms with Crippen molar-refractivity contribution < 1.29 is 4.39 Å². The molecule has 0 amide bonds. The number of pyridine rings is 1. The zero-order chi connectivity index (χ0) is 15.4. The van der Waals surface area contributed by atoms with Gasteiger partial charge in [-0.25, -0.2) is 9.37 Å². The van der Waals surface area contributed by atoms with Crippen molar-refractivity contribution in [2.45, 2.75) is 18.9 Å². The van der Waals surface area contributed by atoms with Crippen LogP contribution in [0.1, 0.15) is 18.4 Å². The van der Waals surface area contributed by atoms with Crippen LogP contribution in [0.4, 0.5) is 15.9 Å². The van der Waals surface area contributed by atoms with Gasteiger partial charge >= 0.3 is 0 Å². The van der Waals surface area contributed by atoms with Crippen LogP contribution in [-0.2, 0) is 0 Å². The Labute approximate surface area is 129 Å². The molecule has 3 rings (SSSR count). The van der Waals surface area contributed by atoms with Gasteiger partial charge in [-0.15, -0.1) is 0 Å². The molecule has 1 aliphatic heterocycles. The van der Waals surface area contributed by atoms with Gasteiger partial charge in [0.1, 0.15) is 17.7 Å². The molecule has 0 atom stereocenters. The molecule has 112 valence electrons. The van der Waals surface area contributed by atoms with Crippen molar-refractivity contribution in [3.8, 4) is 6.07 Å². The monoisotopic (exact) mass is 296 g/mol. The second kappa shape index (κ2) is 6.44. The average molecular weight is 296 g/mol. The minimum Gasteiger partial charge on any atom is -0.382 e. The second-order valence-electron chi connectivity index (χ2n) is 5.43. The third kappa shape index (κ3) is 3.34. The molecule has 2 heterocycles. The Hall–Kier alpha value is -2.61. The maximum atomic E-state index is 12.9. The van der Waals surface area contributed by atoms with E-state index in [1.165, 1.54) is 12.1 Å². The molecular formula is C17H17FN4. The van der Waals surface area contributed by atoms with Gasteiger partial charge in [0.15, 0.2) is 0 Å². The van der Waals surface area contributed by atoms with Crippen LogP contribution in [-0.4, -0.2) is 24.1 Å². The van der Waals surface area contributed by atoms with E-state index < -0.39 is 0 Å². The molecule has 0 radical (unpaired) electrons. The highest BCUT2D eigenvalue weighted by atomic mass is 19.1. The molecular weight excluding hydrogens is 279 g/mol. The number of hydrogen-bond acceptors (Lipinski definition) is 4. The van der Waals surface area contributed by atoms with Crippen molar-refractivity contribution in [1.29, 1.82) is 5.26 Å². The summed E-state index contributed by atoms with van der Waals surface area (Å²) in [4.78, 5) is 6.56. The molecule has 1 saturated heterocycles. The number of piperidine rings is 1. The van der Waals surface area contributed by atoms with Crippen LogP contribution in [0.3, 0.4) is 0 Å². The van der Waals surface area contributed by atoms with Crippen LogP contribution < -0.4 is 10.2 Å². The van der Waals surface area contributed by atoms with Crippen molar-refractivity contribution >= 4 is 11.5 Å². The molecule has 1 aliphatic rings. The maximum Gasteiger partial charge on any atom is 0.128 e. The summed E-state index contributed by atoms with van der Waals surface area (Å²) in [5.41, 5.74) is 1.54. The number of nitrogens with zero attached hydrogens (tertiary/aromatic N) is 3. The SMILES string of the molecule is N#Cc1ccc(N2CCC(Nc3ccc(F)cc3)CC2)nc1. The van der Waals surface area contributed by atoms with Crippen LogP contribution in [0.5, 0.6) is 0 Å². The van der Waals surface area contributed by atoms with Crippen LogP contribution in [0.2, 0.25) is 0 Å². The molecule has 0 saturated carbocycles. The zero-order valence-electron chi connectivity index (χ0n) is 12.2. The first-order chi connectivity index (χ1) is 10.7. The van der Waals surface area contributed by atoms with E-state index in [-0.39, 0.29) is 5.82 Å². The summed E-state index contributed by atoms with van der Waals surface area (Å²) in [7, 11) is 0. The Morgan fingerprint density at radius 1 is 1.14 bits per heavy atom. The van der Waals surface area contributed by atoms with E-state index in [1.54, 1.807) is 24.4 Å². The van der Waals surface area contributed by atoms with Crippen LogP contribution in [0, 0.1) is 17.1 Å². The lowest BCUT2D eigenvalue weighted by Crippen LogP contribution is -2.39. The van der Waals surface area contributed by atoms with Gasteiger partial charge in [0.25, 0.3) is 0 Å². The topological polar surface area (TPSA) is 52.0 Å². The highest BCUT2D eigenvalue weighted by Gasteiger charge is 2.19. The van der Waals surface area contributed by atoms with Crippen LogP contribution in [0.15, 0.2) is 42.6 Å². The number of hydrogen-bond donors (Lipinski definition) is 1. The van der Waals surface area contributed by atoms with E-state index >= 15 is 0 Å². The summed E-state index contributed by atoms with van der Waals surface area (Å²) in [5, 5.41) is 12.2. The molecule has 1 aromatic heterocycles. The second-order valence-corrected chi connectivity index (χ2v) is 5.43. The standard InChI is InChI=1S/C17H17FN4/c18-14-2-4-15(5-3-14)21-16-7-9-22(10-8-16)17-6-1-13(11-19)12-20-17/h1-6,12,16,21H,7-10H2. The molecule has 1 N–H and O–H groups in total. The van der Waals surface area contributed by atoms with E-state index in [2.05, 4.69) is 21.3 Å². The van der Waals surface area contributed by atoms with E-state index in [0.29, 0.717) is 11.6 Å². The highest BCUT2D eigenvalue weighted by Crippen LogP contribution is 2.21. The minimum absolute atomic E-state index is 0.216. The number of rotatable bonds is 3. The Bertz CT molecular complexity index is 653. The van der Waals surface area contributed by atoms with Crippen molar-refractivity contribution in [1.82, 2.24) is 4.98 Å². The van der Waals surface area contributed by atoms with E-state index in [9.17, 15) is 4.39 Å². The first-order valence-electron chi connectivity index (χ1n) is 7.38. The fourth-order valence-corrected chi connectivity index (χ4v) is 2.67. The van der Waals surface area contributed by atoms with E-state index in [1.807, 2.05) is 6.07 Å². The van der Waals surface area contributed by atoms with Gasteiger partial charge in [0, 0.05) is 31.0 Å². The van der Waals surface area contributed by atoms with Crippen LogP contribution >= 0.6 is 0 Å². The first-order valence-corrected chi connectivity index (χ1v) is 7.38. The molecule has 0 aliphatic carbocycles. The van der Waals surface area contributed by atoms with Gasteiger partial charge in [0.2, 0.25) is 0 Å². The molecule has 0 spiro atoms. The predicted molar refractivity (Wildman–Crippen MR) is 84.2 cm³/mol. The lowest BCUT2D eigenvalue weighted by atomic mass is 10.0. The third-order valence-corrected chi connectivity index (χ3v) is 3.91. The van der Waals surface area contributed by atoms with Gasteiger partial charge in [0.05, 0.1) is 5.56 Å². The number of nitriles is 1. The summed E-state index contributed by atoms with van der Waals surface area (Å²) in [5.74, 6) is 0.700. The fraction of sp³-hybridized carbons (Fsp3) is 0.294. The minimum atomic E-state index is -0.216. The summed E-state index contributed by atoms with van der Waals surface area (Å²) >= 11 is 0. The zero-order valence-corrected chi connectivity index (χ0v) is 12.2. The molecule has 22 heavy (non-hydrogen) atoms. The summed E-state index contributed by atoms with van der Waals surface area (Å²) in [6.45, 7) is 1.83. The molecule has 5 heteroatoms. The third-order valence-electron chi connectivity index (χ3n) is 3.91. The number of anilines is 2. The predicted octanol–water partition coefficient (Wildman–Crippen LogP) is 3.17. The van der Waals surface area contributed by atoms with Crippen molar-refractivity contribution in [3.05, 3.63) is 54.0 Å².